The molecule has 7 heteroatoms. The summed E-state index contributed by atoms with van der Waals surface area (Å²) in [5.74, 6) is -1.57. The molecule has 0 saturated carbocycles. The number of rotatable bonds is 4. The van der Waals surface area contributed by atoms with Gasteiger partial charge in [-0.3, -0.25) is 9.52 Å². The Morgan fingerprint density at radius 1 is 1.44 bits per heavy atom. The number of carbonyl (C=O) groups is 1. The molecule has 0 aliphatic carbocycles. The molecule has 0 radical (unpaired) electrons. The number of nitrogen functional groups attached to an aromatic ring is 1. The summed E-state index contributed by atoms with van der Waals surface area (Å²) >= 11 is 0. The molecule has 0 atom stereocenters. The minimum Gasteiger partial charge on any atom is -0.468 e. The molecule has 0 bridgehead atoms. The number of ether oxygens (including phenoxy) is 1. The first-order valence-electron chi connectivity index (χ1n) is 4.36. The van der Waals surface area contributed by atoms with Crippen molar-refractivity contribution in [2.24, 2.45) is 0 Å². The van der Waals surface area contributed by atoms with Gasteiger partial charge in [0.1, 0.15) is 0 Å². The second kappa shape index (κ2) is 4.84. The standard InChI is InChI=1S/C9H12N2O4S/c1-15-9(12)6-16(13,14)11-8-5-3-2-4-7(8)10/h2-5,11H,6,10H2,1H3. The van der Waals surface area contributed by atoms with Crippen LogP contribution in [0.1, 0.15) is 0 Å². The molecule has 0 aliphatic heterocycles. The monoisotopic (exact) mass is 244 g/mol. The molecule has 0 fully saturated rings. The Morgan fingerprint density at radius 2 is 2.06 bits per heavy atom. The van der Waals surface area contributed by atoms with Crippen LogP contribution < -0.4 is 10.5 Å². The van der Waals surface area contributed by atoms with Gasteiger partial charge in [0.05, 0.1) is 18.5 Å². The molecule has 0 heterocycles. The minimum atomic E-state index is -3.77. The quantitative estimate of drug-likeness (QED) is 0.581. The lowest BCUT2D eigenvalue weighted by atomic mass is 10.3. The summed E-state index contributed by atoms with van der Waals surface area (Å²) in [5.41, 5.74) is 6.08. The predicted octanol–water partition coefficient (Wildman–Crippen LogP) is 0.183. The van der Waals surface area contributed by atoms with E-state index in [9.17, 15) is 13.2 Å². The highest BCUT2D eigenvalue weighted by molar-refractivity contribution is 7.93. The molecule has 16 heavy (non-hydrogen) atoms. The Bertz CT molecular complexity index is 484. The van der Waals surface area contributed by atoms with Crippen molar-refractivity contribution in [1.82, 2.24) is 0 Å². The van der Waals surface area contributed by atoms with Crippen molar-refractivity contribution in [3.05, 3.63) is 24.3 Å². The summed E-state index contributed by atoms with van der Waals surface area (Å²) in [6.07, 6.45) is 0. The molecule has 0 unspecified atom stereocenters. The number of para-hydroxylation sites is 2. The van der Waals surface area contributed by atoms with Gasteiger partial charge in [-0.05, 0) is 12.1 Å². The van der Waals surface area contributed by atoms with E-state index in [4.69, 9.17) is 5.73 Å². The number of esters is 1. The highest BCUT2D eigenvalue weighted by atomic mass is 32.2. The average Bonchev–Trinajstić information content (AvgIpc) is 2.20. The van der Waals surface area contributed by atoms with E-state index in [2.05, 4.69) is 9.46 Å². The van der Waals surface area contributed by atoms with Gasteiger partial charge in [-0.2, -0.15) is 0 Å². The highest BCUT2D eigenvalue weighted by Crippen LogP contribution is 2.18. The van der Waals surface area contributed by atoms with Gasteiger partial charge in [-0.1, -0.05) is 12.1 Å². The van der Waals surface area contributed by atoms with Crippen molar-refractivity contribution in [3.8, 4) is 0 Å². The van der Waals surface area contributed by atoms with Gasteiger partial charge >= 0.3 is 5.97 Å². The lowest BCUT2D eigenvalue weighted by Crippen LogP contribution is -2.24. The zero-order valence-electron chi connectivity index (χ0n) is 8.64. The van der Waals surface area contributed by atoms with Crippen LogP contribution in [0, 0.1) is 0 Å². The summed E-state index contributed by atoms with van der Waals surface area (Å²) in [7, 11) is -2.65. The van der Waals surface area contributed by atoms with E-state index in [-0.39, 0.29) is 11.4 Å². The van der Waals surface area contributed by atoms with Gasteiger partial charge in [0.25, 0.3) is 0 Å². The normalized spacial score (nSPS) is 10.8. The Labute approximate surface area is 93.5 Å². The topological polar surface area (TPSA) is 98.5 Å². The maximum atomic E-state index is 11.5. The van der Waals surface area contributed by atoms with Crippen molar-refractivity contribution < 1.29 is 17.9 Å². The summed E-state index contributed by atoms with van der Waals surface area (Å²) < 4.78 is 29.4. The Morgan fingerprint density at radius 3 is 2.62 bits per heavy atom. The molecule has 88 valence electrons. The third-order valence-corrected chi connectivity index (χ3v) is 2.91. The van der Waals surface area contributed by atoms with Crippen LogP contribution in [0.2, 0.25) is 0 Å². The largest absolute Gasteiger partial charge is 0.468 e. The van der Waals surface area contributed by atoms with Gasteiger partial charge in [0, 0.05) is 0 Å². The number of hydrogen-bond acceptors (Lipinski definition) is 5. The third kappa shape index (κ3) is 3.43. The van der Waals surface area contributed by atoms with Gasteiger partial charge in [-0.25, -0.2) is 8.42 Å². The first-order valence-corrected chi connectivity index (χ1v) is 6.01. The second-order valence-corrected chi connectivity index (χ2v) is 4.75. The summed E-state index contributed by atoms with van der Waals surface area (Å²) in [6, 6.07) is 6.36. The maximum Gasteiger partial charge on any atom is 0.322 e. The number of nitrogens with one attached hydrogen (secondary N) is 1. The molecule has 1 aromatic carbocycles. The lowest BCUT2D eigenvalue weighted by molar-refractivity contribution is -0.137. The molecule has 1 aromatic rings. The number of sulfonamides is 1. The Kier molecular flexibility index (Phi) is 3.73. The molecule has 0 amide bonds. The van der Waals surface area contributed by atoms with Crippen LogP contribution in [-0.2, 0) is 19.6 Å². The first kappa shape index (κ1) is 12.3. The molecule has 6 nitrogen and oxygen atoms in total. The van der Waals surface area contributed by atoms with Crippen LogP contribution >= 0.6 is 0 Å². The van der Waals surface area contributed by atoms with E-state index >= 15 is 0 Å². The van der Waals surface area contributed by atoms with Crippen molar-refractivity contribution in [3.63, 3.8) is 0 Å². The van der Waals surface area contributed by atoms with Crippen LogP contribution in [0.4, 0.5) is 11.4 Å². The number of carbonyl (C=O) groups excluding carboxylic acids is 1. The molecule has 0 aliphatic rings. The van der Waals surface area contributed by atoms with Gasteiger partial charge in [0.2, 0.25) is 10.0 Å². The molecule has 3 N–H and O–H groups in total. The van der Waals surface area contributed by atoms with E-state index in [1.54, 1.807) is 18.2 Å². The fraction of sp³-hybridized carbons (Fsp3) is 0.222. The fourth-order valence-electron chi connectivity index (χ4n) is 1.01. The lowest BCUT2D eigenvalue weighted by Gasteiger charge is -2.08. The van der Waals surface area contributed by atoms with E-state index in [0.717, 1.165) is 7.11 Å². The zero-order valence-corrected chi connectivity index (χ0v) is 9.45. The molecular formula is C9H12N2O4S. The number of methoxy groups -OCH3 is 1. The average molecular weight is 244 g/mol. The van der Waals surface area contributed by atoms with Gasteiger partial charge in [-0.15, -0.1) is 0 Å². The van der Waals surface area contributed by atoms with Crippen molar-refractivity contribution in [2.75, 3.05) is 23.3 Å². The molecule has 0 saturated heterocycles. The summed E-state index contributed by atoms with van der Waals surface area (Å²) in [6.45, 7) is 0. The van der Waals surface area contributed by atoms with E-state index in [1.165, 1.54) is 6.07 Å². The van der Waals surface area contributed by atoms with Crippen molar-refractivity contribution >= 4 is 27.4 Å². The van der Waals surface area contributed by atoms with Crippen molar-refractivity contribution in [1.29, 1.82) is 0 Å². The SMILES string of the molecule is COC(=O)CS(=O)(=O)Nc1ccccc1N. The van der Waals surface area contributed by atoms with Gasteiger partial charge in [0.15, 0.2) is 5.75 Å². The molecule has 0 aromatic heterocycles. The smallest absolute Gasteiger partial charge is 0.322 e. The van der Waals surface area contributed by atoms with Crippen LogP contribution in [0.3, 0.4) is 0 Å². The maximum absolute atomic E-state index is 11.5. The Hall–Kier alpha value is -1.76. The number of nitrogens with two attached hydrogens (primary N) is 1. The number of benzene rings is 1. The van der Waals surface area contributed by atoms with Crippen LogP contribution in [0.25, 0.3) is 0 Å². The molecular weight excluding hydrogens is 232 g/mol. The predicted molar refractivity (Wildman–Crippen MR) is 60.3 cm³/mol. The van der Waals surface area contributed by atoms with Gasteiger partial charge < -0.3 is 10.5 Å². The van der Waals surface area contributed by atoms with Crippen LogP contribution in [-0.4, -0.2) is 27.2 Å². The third-order valence-electron chi connectivity index (χ3n) is 1.76. The highest BCUT2D eigenvalue weighted by Gasteiger charge is 2.17. The first-order chi connectivity index (χ1) is 7.44. The molecule has 1 rings (SSSR count). The summed E-state index contributed by atoms with van der Waals surface area (Å²) in [5, 5.41) is 0. The zero-order chi connectivity index (χ0) is 12.2. The van der Waals surface area contributed by atoms with E-state index < -0.39 is 21.7 Å². The van der Waals surface area contributed by atoms with E-state index in [0.29, 0.717) is 0 Å². The van der Waals surface area contributed by atoms with Crippen LogP contribution in [0.5, 0.6) is 0 Å². The Balaban J connectivity index is 2.81. The summed E-state index contributed by atoms with van der Waals surface area (Å²) in [4.78, 5) is 10.8. The fourth-order valence-corrected chi connectivity index (χ4v) is 2.03. The number of anilines is 2. The second-order valence-electron chi connectivity index (χ2n) is 3.02. The minimum absolute atomic E-state index is 0.242. The molecule has 0 spiro atoms. The van der Waals surface area contributed by atoms with E-state index in [1.807, 2.05) is 0 Å². The van der Waals surface area contributed by atoms with Crippen molar-refractivity contribution in [2.45, 2.75) is 0 Å². The van der Waals surface area contributed by atoms with Crippen LogP contribution in [0.15, 0.2) is 24.3 Å². The number of hydrogen-bond donors (Lipinski definition) is 2.